The number of amides is 2. The van der Waals surface area contributed by atoms with Crippen LogP contribution in [0, 0.1) is 20.8 Å². The second-order valence-corrected chi connectivity index (χ2v) is 12.1. The fraction of sp³-hybridized carbons (Fsp3) is 0.355. The number of hydrogen-bond acceptors (Lipinski definition) is 4. The lowest BCUT2D eigenvalue weighted by atomic mass is 10.1. The van der Waals surface area contributed by atoms with Gasteiger partial charge in [-0.1, -0.05) is 67.1 Å². The normalized spacial score (nSPS) is 12.2. The minimum atomic E-state index is -4.10. The number of carbonyl (C=O) groups is 2. The Labute approximate surface area is 232 Å². The van der Waals surface area contributed by atoms with Crippen LogP contribution in [0.2, 0.25) is 0 Å². The number of hydrogen-bond donors (Lipinski definition) is 1. The molecule has 0 unspecified atom stereocenters. The summed E-state index contributed by atoms with van der Waals surface area (Å²) in [6.45, 7) is 10.9. The molecule has 0 heterocycles. The molecule has 0 radical (unpaired) electrons. The molecule has 0 saturated heterocycles. The van der Waals surface area contributed by atoms with Gasteiger partial charge in [0.05, 0.1) is 10.6 Å². The minimum Gasteiger partial charge on any atom is -0.352 e. The van der Waals surface area contributed by atoms with Crippen LogP contribution in [0.3, 0.4) is 0 Å². The molecule has 3 rings (SSSR count). The molecule has 0 aliphatic carbocycles. The Balaban J connectivity index is 2.09. The van der Waals surface area contributed by atoms with E-state index in [9.17, 15) is 18.0 Å². The van der Waals surface area contributed by atoms with Gasteiger partial charge in [0.25, 0.3) is 10.0 Å². The molecule has 0 spiro atoms. The fourth-order valence-corrected chi connectivity index (χ4v) is 5.89. The lowest BCUT2D eigenvalue weighted by molar-refractivity contribution is -0.140. The van der Waals surface area contributed by atoms with E-state index in [2.05, 4.69) is 5.32 Å². The summed E-state index contributed by atoms with van der Waals surface area (Å²) in [5.74, 6) is -0.724. The number of rotatable bonds is 11. The molecule has 0 fully saturated rings. The molecule has 0 bridgehead atoms. The van der Waals surface area contributed by atoms with Gasteiger partial charge in [-0.3, -0.25) is 13.9 Å². The second-order valence-electron chi connectivity index (χ2n) is 10.2. The van der Waals surface area contributed by atoms with E-state index < -0.39 is 28.5 Å². The molecule has 3 aromatic carbocycles. The predicted molar refractivity (Wildman–Crippen MR) is 156 cm³/mol. The molecular formula is C31H39N3O4S. The molecule has 2 amide bonds. The van der Waals surface area contributed by atoms with E-state index in [1.807, 2.05) is 84.0 Å². The summed E-state index contributed by atoms with van der Waals surface area (Å²) >= 11 is 0. The number of anilines is 1. The zero-order valence-electron chi connectivity index (χ0n) is 23.6. The smallest absolute Gasteiger partial charge is 0.264 e. The van der Waals surface area contributed by atoms with Gasteiger partial charge in [-0.05, 0) is 75.9 Å². The van der Waals surface area contributed by atoms with Crippen molar-refractivity contribution in [3.63, 3.8) is 0 Å². The Kier molecular flexibility index (Phi) is 9.92. The molecule has 39 heavy (non-hydrogen) atoms. The van der Waals surface area contributed by atoms with Crippen LogP contribution in [0.5, 0.6) is 0 Å². The minimum absolute atomic E-state index is 0.0982. The largest absolute Gasteiger partial charge is 0.352 e. The van der Waals surface area contributed by atoms with E-state index in [0.717, 1.165) is 22.3 Å². The molecule has 7 nitrogen and oxygen atoms in total. The van der Waals surface area contributed by atoms with Gasteiger partial charge in [0.2, 0.25) is 11.8 Å². The van der Waals surface area contributed by atoms with Crippen molar-refractivity contribution in [2.24, 2.45) is 0 Å². The van der Waals surface area contributed by atoms with E-state index in [1.165, 1.54) is 9.21 Å². The van der Waals surface area contributed by atoms with Crippen molar-refractivity contribution in [3.05, 3.63) is 95.1 Å². The molecule has 0 aliphatic heterocycles. The monoisotopic (exact) mass is 549 g/mol. The molecule has 8 heteroatoms. The molecule has 0 aromatic heterocycles. The zero-order chi connectivity index (χ0) is 28.7. The molecule has 1 N–H and O–H groups in total. The summed E-state index contributed by atoms with van der Waals surface area (Å²) in [6, 6.07) is 20.7. The summed E-state index contributed by atoms with van der Waals surface area (Å²) in [7, 11) is -4.10. The maximum Gasteiger partial charge on any atom is 0.264 e. The summed E-state index contributed by atoms with van der Waals surface area (Å²) in [4.78, 5) is 28.9. The number of benzene rings is 3. The highest BCUT2D eigenvalue weighted by molar-refractivity contribution is 7.92. The van der Waals surface area contributed by atoms with Gasteiger partial charge in [-0.25, -0.2) is 8.42 Å². The van der Waals surface area contributed by atoms with E-state index in [4.69, 9.17) is 0 Å². The maximum atomic E-state index is 14.1. The van der Waals surface area contributed by atoms with E-state index >= 15 is 0 Å². The van der Waals surface area contributed by atoms with Crippen molar-refractivity contribution in [1.29, 1.82) is 0 Å². The molecular weight excluding hydrogens is 510 g/mol. The topological polar surface area (TPSA) is 86.8 Å². The molecule has 208 valence electrons. The molecule has 0 aliphatic rings. The van der Waals surface area contributed by atoms with Gasteiger partial charge < -0.3 is 10.2 Å². The van der Waals surface area contributed by atoms with Crippen LogP contribution in [0.15, 0.2) is 77.7 Å². The fourth-order valence-electron chi connectivity index (χ4n) is 4.42. The average Bonchev–Trinajstić information content (AvgIpc) is 2.89. The quantitative estimate of drug-likeness (QED) is 0.359. The zero-order valence-corrected chi connectivity index (χ0v) is 24.5. The van der Waals surface area contributed by atoms with Crippen molar-refractivity contribution >= 4 is 27.5 Å². The van der Waals surface area contributed by atoms with Gasteiger partial charge in [0.15, 0.2) is 0 Å². The van der Waals surface area contributed by atoms with E-state index in [-0.39, 0.29) is 23.4 Å². The highest BCUT2D eigenvalue weighted by Gasteiger charge is 2.34. The van der Waals surface area contributed by atoms with Crippen LogP contribution in [0.1, 0.15) is 49.4 Å². The first-order valence-corrected chi connectivity index (χ1v) is 14.7. The van der Waals surface area contributed by atoms with Crippen molar-refractivity contribution in [2.75, 3.05) is 10.8 Å². The second kappa shape index (κ2) is 12.9. The van der Waals surface area contributed by atoms with E-state index in [0.29, 0.717) is 12.1 Å². The summed E-state index contributed by atoms with van der Waals surface area (Å²) in [5.41, 5.74) is 3.81. The van der Waals surface area contributed by atoms with Crippen LogP contribution in [0.4, 0.5) is 5.69 Å². The van der Waals surface area contributed by atoms with Crippen molar-refractivity contribution in [1.82, 2.24) is 10.2 Å². The number of aryl methyl sites for hydroxylation is 3. The van der Waals surface area contributed by atoms with Gasteiger partial charge in [-0.2, -0.15) is 0 Å². The Morgan fingerprint density at radius 3 is 2.08 bits per heavy atom. The van der Waals surface area contributed by atoms with Gasteiger partial charge in [-0.15, -0.1) is 0 Å². The third-order valence-electron chi connectivity index (χ3n) is 6.53. The Hall–Kier alpha value is -3.65. The Morgan fingerprint density at radius 1 is 0.872 bits per heavy atom. The number of carbonyl (C=O) groups excluding carboxylic acids is 2. The van der Waals surface area contributed by atoms with Gasteiger partial charge in [0, 0.05) is 12.6 Å². The third kappa shape index (κ3) is 7.47. The van der Waals surface area contributed by atoms with Crippen molar-refractivity contribution in [2.45, 2.75) is 71.5 Å². The van der Waals surface area contributed by atoms with Crippen LogP contribution in [-0.4, -0.2) is 43.8 Å². The number of nitrogens with zero attached hydrogens (tertiary/aromatic N) is 2. The lowest BCUT2D eigenvalue weighted by Crippen LogP contribution is -2.53. The predicted octanol–water partition coefficient (Wildman–Crippen LogP) is 5.14. The van der Waals surface area contributed by atoms with Crippen LogP contribution >= 0.6 is 0 Å². The number of nitrogens with one attached hydrogen (secondary N) is 1. The molecule has 0 saturated carbocycles. The standard InChI is InChI=1S/C31H39N3O4S/c1-7-28(31(36)32-22(2)3)33(20-26-11-9-8-10-12-26)30(35)21-34(29-19-24(5)13-16-25(29)6)39(37,38)27-17-14-23(4)15-18-27/h8-19,22,28H,7,20-21H2,1-6H3,(H,32,36)/t28-/m1/s1. The first kappa shape index (κ1) is 29.9. The summed E-state index contributed by atoms with van der Waals surface area (Å²) < 4.78 is 29.2. The Morgan fingerprint density at radius 2 is 1.49 bits per heavy atom. The van der Waals surface area contributed by atoms with Crippen molar-refractivity contribution in [3.8, 4) is 0 Å². The molecule has 3 aromatic rings. The van der Waals surface area contributed by atoms with Crippen LogP contribution in [-0.2, 0) is 26.2 Å². The SMILES string of the molecule is CC[C@H](C(=O)NC(C)C)N(Cc1ccccc1)C(=O)CN(c1cc(C)ccc1C)S(=O)(=O)c1ccc(C)cc1. The summed E-state index contributed by atoms with van der Waals surface area (Å²) in [6.07, 6.45) is 0.380. The van der Waals surface area contributed by atoms with Crippen LogP contribution < -0.4 is 9.62 Å². The average molecular weight is 550 g/mol. The highest BCUT2D eigenvalue weighted by Crippen LogP contribution is 2.29. The van der Waals surface area contributed by atoms with Gasteiger partial charge in [0.1, 0.15) is 12.6 Å². The van der Waals surface area contributed by atoms with Gasteiger partial charge >= 0.3 is 0 Å². The molecule has 1 atom stereocenters. The number of sulfonamides is 1. The van der Waals surface area contributed by atoms with Crippen molar-refractivity contribution < 1.29 is 18.0 Å². The lowest BCUT2D eigenvalue weighted by Gasteiger charge is -2.34. The third-order valence-corrected chi connectivity index (χ3v) is 8.31. The maximum absolute atomic E-state index is 14.1. The summed E-state index contributed by atoms with van der Waals surface area (Å²) in [5, 5.41) is 2.91. The van der Waals surface area contributed by atoms with Crippen LogP contribution in [0.25, 0.3) is 0 Å². The Bertz CT molecular complexity index is 1390. The van der Waals surface area contributed by atoms with E-state index in [1.54, 1.807) is 30.3 Å². The highest BCUT2D eigenvalue weighted by atomic mass is 32.2. The first-order valence-electron chi connectivity index (χ1n) is 13.2. The first-order chi connectivity index (χ1) is 18.4.